The van der Waals surface area contributed by atoms with Gasteiger partial charge in [0.2, 0.25) is 0 Å². The van der Waals surface area contributed by atoms with Crippen LogP contribution in [0.25, 0.3) is 11.3 Å². The number of benzene rings is 2. The molecular weight excluding hydrogens is 331 g/mol. The Bertz CT molecular complexity index is 998. The topological polar surface area (TPSA) is 55.0 Å². The van der Waals surface area contributed by atoms with Crippen molar-refractivity contribution in [1.29, 1.82) is 5.26 Å². The van der Waals surface area contributed by atoms with Crippen LogP contribution in [0.5, 0.6) is 5.75 Å². The van der Waals surface area contributed by atoms with Gasteiger partial charge in [-0.05, 0) is 49.4 Å². The first-order valence-corrected chi connectivity index (χ1v) is 8.07. The summed E-state index contributed by atoms with van der Waals surface area (Å²) in [5.41, 5.74) is 2.32. The largest absolute Gasteiger partial charge is 0.497 e. The molecule has 2 aromatic carbocycles. The molecule has 0 atom stereocenters. The van der Waals surface area contributed by atoms with Crippen LogP contribution in [0.15, 0.2) is 54.6 Å². The summed E-state index contributed by atoms with van der Waals surface area (Å²) in [7, 11) is 1.56. The van der Waals surface area contributed by atoms with Gasteiger partial charge in [0.25, 0.3) is 0 Å². The van der Waals surface area contributed by atoms with E-state index in [1.54, 1.807) is 67.1 Å². The molecule has 3 aromatic rings. The molecule has 1 aromatic heterocycles. The van der Waals surface area contributed by atoms with Gasteiger partial charge >= 0.3 is 0 Å². The number of ether oxygens (including phenoxy) is 1. The molecular formula is C21H17FN2O2. The highest BCUT2D eigenvalue weighted by Crippen LogP contribution is 2.29. The van der Waals surface area contributed by atoms with Crippen molar-refractivity contribution in [2.75, 3.05) is 7.11 Å². The summed E-state index contributed by atoms with van der Waals surface area (Å²) in [6.45, 7) is 1.82. The van der Waals surface area contributed by atoms with Gasteiger partial charge in [-0.15, -0.1) is 0 Å². The van der Waals surface area contributed by atoms with Crippen LogP contribution in [0, 0.1) is 24.1 Å². The lowest BCUT2D eigenvalue weighted by atomic mass is 10.1. The number of aryl methyl sites for hydroxylation is 1. The highest BCUT2D eigenvalue weighted by atomic mass is 19.1. The van der Waals surface area contributed by atoms with E-state index in [-0.39, 0.29) is 12.3 Å². The molecule has 0 bridgehead atoms. The third-order valence-electron chi connectivity index (χ3n) is 4.27. The van der Waals surface area contributed by atoms with E-state index in [0.29, 0.717) is 28.1 Å². The van der Waals surface area contributed by atoms with E-state index < -0.39 is 5.82 Å². The quantitative estimate of drug-likeness (QED) is 0.644. The molecule has 0 N–H and O–H groups in total. The molecule has 0 aliphatic carbocycles. The maximum absolute atomic E-state index is 14.3. The van der Waals surface area contributed by atoms with E-state index >= 15 is 0 Å². The summed E-state index contributed by atoms with van der Waals surface area (Å²) in [6, 6.07) is 16.8. The summed E-state index contributed by atoms with van der Waals surface area (Å²) in [5.74, 6) is 0.103. The summed E-state index contributed by atoms with van der Waals surface area (Å²) in [5, 5.41) is 9.43. The Morgan fingerprint density at radius 2 is 1.88 bits per heavy atom. The predicted octanol–water partition coefficient (Wildman–Crippen LogP) is 4.37. The van der Waals surface area contributed by atoms with Crippen molar-refractivity contribution in [3.63, 3.8) is 0 Å². The standard InChI is InChI=1S/C21H17FN2O2/c1-14-11-16(12-23)21(18-5-3-4-6-19(18)22)24(14)13-20(25)15-7-9-17(26-2)10-8-15/h3-11H,13H2,1-2H3. The molecule has 5 heteroatoms. The summed E-state index contributed by atoms with van der Waals surface area (Å²) < 4.78 is 21.1. The van der Waals surface area contributed by atoms with Crippen molar-refractivity contribution in [2.24, 2.45) is 0 Å². The SMILES string of the molecule is COc1ccc(C(=O)Cn2c(C)cc(C#N)c2-c2ccccc2F)cc1. The fraction of sp³-hybridized carbons (Fsp3) is 0.143. The van der Waals surface area contributed by atoms with Crippen molar-refractivity contribution in [3.05, 3.63) is 77.2 Å². The zero-order chi connectivity index (χ0) is 18.7. The van der Waals surface area contributed by atoms with Crippen LogP contribution in [-0.2, 0) is 6.54 Å². The molecule has 0 amide bonds. The Kier molecular flexibility index (Phi) is 4.85. The minimum absolute atomic E-state index is 0.0174. The molecule has 0 unspecified atom stereocenters. The van der Waals surface area contributed by atoms with Crippen LogP contribution in [0.1, 0.15) is 21.6 Å². The lowest BCUT2D eigenvalue weighted by molar-refractivity contribution is 0.0972. The van der Waals surface area contributed by atoms with Gasteiger partial charge in [-0.3, -0.25) is 4.79 Å². The zero-order valence-electron chi connectivity index (χ0n) is 14.5. The molecule has 26 heavy (non-hydrogen) atoms. The van der Waals surface area contributed by atoms with Crippen LogP contribution in [-0.4, -0.2) is 17.5 Å². The maximum Gasteiger partial charge on any atom is 0.182 e. The van der Waals surface area contributed by atoms with Gasteiger partial charge in [-0.1, -0.05) is 12.1 Å². The van der Waals surface area contributed by atoms with E-state index in [1.807, 2.05) is 0 Å². The van der Waals surface area contributed by atoms with Gasteiger partial charge < -0.3 is 9.30 Å². The van der Waals surface area contributed by atoms with Crippen LogP contribution in [0.4, 0.5) is 4.39 Å². The molecule has 0 saturated carbocycles. The third kappa shape index (κ3) is 3.22. The Balaban J connectivity index is 2.02. The first kappa shape index (κ1) is 17.4. The van der Waals surface area contributed by atoms with Crippen molar-refractivity contribution < 1.29 is 13.9 Å². The first-order valence-electron chi connectivity index (χ1n) is 8.07. The Morgan fingerprint density at radius 3 is 2.50 bits per heavy atom. The van der Waals surface area contributed by atoms with Crippen LogP contribution in [0.2, 0.25) is 0 Å². The molecule has 0 aliphatic heterocycles. The van der Waals surface area contributed by atoms with Crippen LogP contribution >= 0.6 is 0 Å². The number of hydrogen-bond donors (Lipinski definition) is 0. The molecule has 0 fully saturated rings. The monoisotopic (exact) mass is 348 g/mol. The molecule has 4 nitrogen and oxygen atoms in total. The Hall–Kier alpha value is -3.39. The zero-order valence-corrected chi connectivity index (χ0v) is 14.5. The number of hydrogen-bond acceptors (Lipinski definition) is 3. The van der Waals surface area contributed by atoms with Gasteiger partial charge in [-0.25, -0.2) is 4.39 Å². The second kappa shape index (κ2) is 7.24. The summed E-state index contributed by atoms with van der Waals surface area (Å²) in [6.07, 6.45) is 0. The van der Waals surface area contributed by atoms with Crippen LogP contribution in [0.3, 0.4) is 0 Å². The third-order valence-corrected chi connectivity index (χ3v) is 4.27. The molecule has 1 heterocycles. The number of Topliss-reactive ketones (excluding diaryl/α,β-unsaturated/α-hetero) is 1. The fourth-order valence-corrected chi connectivity index (χ4v) is 2.92. The first-order chi connectivity index (χ1) is 12.5. The van der Waals surface area contributed by atoms with E-state index in [2.05, 4.69) is 6.07 Å². The van der Waals surface area contributed by atoms with Gasteiger partial charge in [-0.2, -0.15) is 5.26 Å². The molecule has 0 spiro atoms. The number of nitrogens with zero attached hydrogens (tertiary/aromatic N) is 2. The minimum Gasteiger partial charge on any atom is -0.497 e. The van der Waals surface area contributed by atoms with Crippen molar-refractivity contribution in [3.8, 4) is 23.1 Å². The second-order valence-electron chi connectivity index (χ2n) is 5.88. The van der Waals surface area contributed by atoms with Crippen molar-refractivity contribution in [2.45, 2.75) is 13.5 Å². The number of halogens is 1. The second-order valence-corrected chi connectivity index (χ2v) is 5.88. The number of aromatic nitrogens is 1. The number of nitriles is 1. The van der Waals surface area contributed by atoms with Crippen LogP contribution < -0.4 is 4.74 Å². The number of rotatable bonds is 5. The van der Waals surface area contributed by atoms with E-state index in [4.69, 9.17) is 4.74 Å². The average molecular weight is 348 g/mol. The molecule has 0 radical (unpaired) electrons. The van der Waals surface area contributed by atoms with Gasteiger partial charge in [0, 0.05) is 16.8 Å². The molecule has 130 valence electrons. The highest BCUT2D eigenvalue weighted by molar-refractivity contribution is 5.96. The number of carbonyl (C=O) groups excluding carboxylic acids is 1. The minimum atomic E-state index is -0.430. The highest BCUT2D eigenvalue weighted by Gasteiger charge is 2.19. The summed E-state index contributed by atoms with van der Waals surface area (Å²) >= 11 is 0. The van der Waals surface area contributed by atoms with Gasteiger partial charge in [0.15, 0.2) is 5.78 Å². The number of carbonyl (C=O) groups is 1. The molecule has 0 aliphatic rings. The predicted molar refractivity (Wildman–Crippen MR) is 96.6 cm³/mol. The normalized spacial score (nSPS) is 10.4. The van der Waals surface area contributed by atoms with Crippen molar-refractivity contribution >= 4 is 5.78 Å². The smallest absolute Gasteiger partial charge is 0.182 e. The van der Waals surface area contributed by atoms with E-state index in [0.717, 1.165) is 5.69 Å². The average Bonchev–Trinajstić information content (AvgIpc) is 2.97. The lowest BCUT2D eigenvalue weighted by Crippen LogP contribution is -2.13. The van der Waals surface area contributed by atoms with Gasteiger partial charge in [0.1, 0.15) is 17.6 Å². The van der Waals surface area contributed by atoms with E-state index in [9.17, 15) is 14.4 Å². The number of methoxy groups -OCH3 is 1. The van der Waals surface area contributed by atoms with E-state index in [1.165, 1.54) is 6.07 Å². The Morgan fingerprint density at radius 1 is 1.19 bits per heavy atom. The molecule has 3 rings (SSSR count). The maximum atomic E-state index is 14.3. The Labute approximate surface area is 151 Å². The summed E-state index contributed by atoms with van der Waals surface area (Å²) in [4.78, 5) is 12.7. The lowest BCUT2D eigenvalue weighted by Gasteiger charge is -2.12. The van der Waals surface area contributed by atoms with Crippen molar-refractivity contribution in [1.82, 2.24) is 4.57 Å². The molecule has 0 saturated heterocycles. The fourth-order valence-electron chi connectivity index (χ4n) is 2.92. The number of ketones is 1. The van der Waals surface area contributed by atoms with Gasteiger partial charge in [0.05, 0.1) is 24.9 Å².